The lowest BCUT2D eigenvalue weighted by Crippen LogP contribution is -2.29. The van der Waals surface area contributed by atoms with Crippen molar-refractivity contribution >= 4 is 0 Å². The van der Waals surface area contributed by atoms with Crippen LogP contribution < -0.4 is 0 Å². The van der Waals surface area contributed by atoms with Crippen molar-refractivity contribution in [3.05, 3.63) is 29.8 Å². The third kappa shape index (κ3) is 2.82. The molecule has 0 aromatic carbocycles. The molecule has 1 aromatic heterocycles. The standard InChI is InChI=1S/C13H19FN2O/c1-2-16-6-3-4-13(17,5-7-16)11-8-12(14)10-15-9-11/h8-10,17H,2-7H2,1H3. The molecule has 2 rings (SSSR count). The molecule has 0 spiro atoms. The van der Waals surface area contributed by atoms with E-state index in [-0.39, 0.29) is 5.82 Å². The van der Waals surface area contributed by atoms with Crippen molar-refractivity contribution in [3.8, 4) is 0 Å². The molecule has 1 atom stereocenters. The number of likely N-dealkylation sites (tertiary alicyclic amines) is 1. The Bertz CT molecular complexity index is 385. The fourth-order valence-corrected chi connectivity index (χ4v) is 2.45. The van der Waals surface area contributed by atoms with Gasteiger partial charge in [0.05, 0.1) is 11.8 Å². The molecule has 2 heterocycles. The van der Waals surface area contributed by atoms with Gasteiger partial charge in [-0.25, -0.2) is 4.39 Å². The molecule has 0 radical (unpaired) electrons. The second-order valence-electron chi connectivity index (χ2n) is 4.71. The molecule has 0 aliphatic carbocycles. The van der Waals surface area contributed by atoms with Crippen LogP contribution in [-0.4, -0.2) is 34.6 Å². The van der Waals surface area contributed by atoms with Crippen LogP contribution in [0.4, 0.5) is 4.39 Å². The number of pyridine rings is 1. The van der Waals surface area contributed by atoms with Gasteiger partial charge >= 0.3 is 0 Å². The highest BCUT2D eigenvalue weighted by Crippen LogP contribution is 2.32. The lowest BCUT2D eigenvalue weighted by Gasteiger charge is -2.27. The number of aromatic nitrogens is 1. The first kappa shape index (κ1) is 12.5. The Morgan fingerprint density at radius 2 is 2.24 bits per heavy atom. The normalized spacial score (nSPS) is 26.8. The van der Waals surface area contributed by atoms with E-state index in [2.05, 4.69) is 16.8 Å². The first-order chi connectivity index (χ1) is 8.14. The maximum atomic E-state index is 13.2. The first-order valence-electron chi connectivity index (χ1n) is 6.20. The summed E-state index contributed by atoms with van der Waals surface area (Å²) < 4.78 is 13.2. The minimum atomic E-state index is -0.918. The van der Waals surface area contributed by atoms with Crippen LogP contribution in [0.2, 0.25) is 0 Å². The molecule has 1 fully saturated rings. The topological polar surface area (TPSA) is 36.4 Å². The predicted octanol–water partition coefficient (Wildman–Crippen LogP) is 1.91. The molecule has 1 aromatic rings. The molecule has 94 valence electrons. The monoisotopic (exact) mass is 238 g/mol. The van der Waals surface area contributed by atoms with Gasteiger partial charge in [-0.15, -0.1) is 0 Å². The van der Waals surface area contributed by atoms with Gasteiger partial charge in [0.2, 0.25) is 0 Å². The van der Waals surface area contributed by atoms with Gasteiger partial charge in [-0.1, -0.05) is 6.92 Å². The molecule has 17 heavy (non-hydrogen) atoms. The average Bonchev–Trinajstić information content (AvgIpc) is 2.52. The third-order valence-electron chi connectivity index (χ3n) is 3.60. The Morgan fingerprint density at radius 1 is 1.41 bits per heavy atom. The van der Waals surface area contributed by atoms with E-state index in [9.17, 15) is 9.50 Å². The van der Waals surface area contributed by atoms with Gasteiger partial charge in [0.15, 0.2) is 0 Å². The SMILES string of the molecule is CCN1CCCC(O)(c2cncc(F)c2)CC1. The van der Waals surface area contributed by atoms with E-state index in [0.29, 0.717) is 18.4 Å². The van der Waals surface area contributed by atoms with Crippen LogP contribution in [0.3, 0.4) is 0 Å². The lowest BCUT2D eigenvalue weighted by atomic mass is 9.88. The summed E-state index contributed by atoms with van der Waals surface area (Å²) in [5, 5.41) is 10.6. The zero-order valence-corrected chi connectivity index (χ0v) is 10.2. The molecule has 0 saturated carbocycles. The molecule has 1 N–H and O–H groups in total. The maximum Gasteiger partial charge on any atom is 0.141 e. The average molecular weight is 238 g/mol. The largest absolute Gasteiger partial charge is 0.385 e. The maximum absolute atomic E-state index is 13.2. The predicted molar refractivity (Wildman–Crippen MR) is 64.1 cm³/mol. The Labute approximate surface area is 101 Å². The Balaban J connectivity index is 2.18. The van der Waals surface area contributed by atoms with E-state index in [1.54, 1.807) is 6.20 Å². The third-order valence-corrected chi connectivity index (χ3v) is 3.60. The molecule has 0 bridgehead atoms. The summed E-state index contributed by atoms with van der Waals surface area (Å²) in [5.41, 5.74) is -0.311. The Morgan fingerprint density at radius 3 is 2.94 bits per heavy atom. The zero-order valence-electron chi connectivity index (χ0n) is 10.2. The Hall–Kier alpha value is -1.00. The Kier molecular flexibility index (Phi) is 3.74. The van der Waals surface area contributed by atoms with Crippen molar-refractivity contribution in [2.45, 2.75) is 31.8 Å². The van der Waals surface area contributed by atoms with Crippen molar-refractivity contribution in [2.75, 3.05) is 19.6 Å². The molecule has 1 aliphatic heterocycles. The van der Waals surface area contributed by atoms with E-state index < -0.39 is 5.60 Å². The molecule has 3 nitrogen and oxygen atoms in total. The fraction of sp³-hybridized carbons (Fsp3) is 0.615. The number of halogens is 1. The quantitative estimate of drug-likeness (QED) is 0.855. The van der Waals surface area contributed by atoms with E-state index in [4.69, 9.17) is 0 Å². The van der Waals surface area contributed by atoms with Crippen LogP contribution in [0.15, 0.2) is 18.5 Å². The van der Waals surface area contributed by atoms with Crippen LogP contribution in [-0.2, 0) is 5.60 Å². The van der Waals surface area contributed by atoms with Crippen LogP contribution in [0.1, 0.15) is 31.7 Å². The van der Waals surface area contributed by atoms with E-state index in [1.165, 1.54) is 12.3 Å². The molecular formula is C13H19FN2O. The van der Waals surface area contributed by atoms with Crippen LogP contribution in [0, 0.1) is 5.82 Å². The highest BCUT2D eigenvalue weighted by molar-refractivity contribution is 5.19. The number of nitrogens with zero attached hydrogens (tertiary/aromatic N) is 2. The summed E-state index contributed by atoms with van der Waals surface area (Å²) in [4.78, 5) is 6.14. The second kappa shape index (κ2) is 5.10. The van der Waals surface area contributed by atoms with Crippen LogP contribution in [0.25, 0.3) is 0 Å². The molecule has 1 aliphatic rings. The number of hydrogen-bond acceptors (Lipinski definition) is 3. The van der Waals surface area contributed by atoms with Gasteiger partial charge in [-0.3, -0.25) is 4.98 Å². The van der Waals surface area contributed by atoms with E-state index in [1.807, 2.05) is 0 Å². The zero-order chi connectivity index (χ0) is 12.3. The van der Waals surface area contributed by atoms with Crippen molar-refractivity contribution in [1.29, 1.82) is 0 Å². The number of rotatable bonds is 2. The van der Waals surface area contributed by atoms with Crippen molar-refractivity contribution in [2.24, 2.45) is 0 Å². The lowest BCUT2D eigenvalue weighted by molar-refractivity contribution is 0.0207. The van der Waals surface area contributed by atoms with Crippen molar-refractivity contribution < 1.29 is 9.50 Å². The molecule has 0 amide bonds. The minimum absolute atomic E-state index is 0.382. The molecular weight excluding hydrogens is 219 g/mol. The second-order valence-corrected chi connectivity index (χ2v) is 4.71. The molecule has 4 heteroatoms. The highest BCUT2D eigenvalue weighted by atomic mass is 19.1. The minimum Gasteiger partial charge on any atom is -0.385 e. The van der Waals surface area contributed by atoms with Gasteiger partial charge < -0.3 is 10.0 Å². The van der Waals surface area contributed by atoms with Gasteiger partial charge in [-0.2, -0.15) is 0 Å². The number of hydrogen-bond donors (Lipinski definition) is 1. The summed E-state index contributed by atoms with van der Waals surface area (Å²) in [6, 6.07) is 1.40. The van der Waals surface area contributed by atoms with Crippen LogP contribution >= 0.6 is 0 Å². The van der Waals surface area contributed by atoms with E-state index >= 15 is 0 Å². The van der Waals surface area contributed by atoms with Gasteiger partial charge in [-0.05, 0) is 38.4 Å². The summed E-state index contributed by atoms with van der Waals surface area (Å²) >= 11 is 0. The molecule has 1 unspecified atom stereocenters. The van der Waals surface area contributed by atoms with Gasteiger partial charge in [0.25, 0.3) is 0 Å². The van der Waals surface area contributed by atoms with Crippen molar-refractivity contribution in [1.82, 2.24) is 9.88 Å². The summed E-state index contributed by atoms with van der Waals surface area (Å²) in [7, 11) is 0. The smallest absolute Gasteiger partial charge is 0.141 e. The van der Waals surface area contributed by atoms with Crippen molar-refractivity contribution in [3.63, 3.8) is 0 Å². The van der Waals surface area contributed by atoms with Gasteiger partial charge in [0.1, 0.15) is 5.82 Å². The summed E-state index contributed by atoms with van der Waals surface area (Å²) in [6.45, 7) is 4.97. The van der Waals surface area contributed by atoms with Crippen LogP contribution in [0.5, 0.6) is 0 Å². The summed E-state index contributed by atoms with van der Waals surface area (Å²) in [5.74, 6) is -0.382. The molecule has 1 saturated heterocycles. The van der Waals surface area contributed by atoms with E-state index in [0.717, 1.165) is 26.1 Å². The first-order valence-corrected chi connectivity index (χ1v) is 6.20. The highest BCUT2D eigenvalue weighted by Gasteiger charge is 2.32. The number of aliphatic hydroxyl groups is 1. The fourth-order valence-electron chi connectivity index (χ4n) is 2.45. The summed E-state index contributed by atoms with van der Waals surface area (Å²) in [6.07, 6.45) is 4.99. The van der Waals surface area contributed by atoms with Gasteiger partial charge in [0, 0.05) is 18.3 Å².